The minimum absolute atomic E-state index is 0.0447. The van der Waals surface area contributed by atoms with Crippen LogP contribution in [0, 0.1) is 5.92 Å². The smallest absolute Gasteiger partial charge is 0.404 e. The molecule has 6 N–H and O–H groups in total. The van der Waals surface area contributed by atoms with Gasteiger partial charge in [-0.2, -0.15) is 0 Å². The molecule has 0 saturated heterocycles. The van der Waals surface area contributed by atoms with Gasteiger partial charge < -0.3 is 21.9 Å². The maximum Gasteiger partial charge on any atom is 0.404 e. The van der Waals surface area contributed by atoms with Crippen molar-refractivity contribution in [1.29, 1.82) is 0 Å². The quantitative estimate of drug-likeness (QED) is 0.291. The highest BCUT2D eigenvalue weighted by atomic mass is 16.4. The van der Waals surface area contributed by atoms with Crippen LogP contribution in [0.25, 0.3) is 0 Å². The first-order valence-electron chi connectivity index (χ1n) is 4.98. The molecule has 0 aliphatic rings. The summed E-state index contributed by atoms with van der Waals surface area (Å²) in [6, 6.07) is -0.0447. The van der Waals surface area contributed by atoms with Gasteiger partial charge in [0.1, 0.15) is 0 Å². The summed E-state index contributed by atoms with van der Waals surface area (Å²) >= 11 is 0. The number of nitrogens with two attached hydrogens (primary N) is 2. The van der Waals surface area contributed by atoms with Crippen molar-refractivity contribution in [3.63, 3.8) is 0 Å². The monoisotopic (exact) mass is 216 g/mol. The molecule has 0 aliphatic carbocycles. The molecule has 1 amide bonds. The third kappa shape index (κ3) is 7.60. The van der Waals surface area contributed by atoms with E-state index < -0.39 is 6.09 Å². The normalized spacial score (nSPS) is 12.2. The van der Waals surface area contributed by atoms with Crippen LogP contribution in [0.2, 0.25) is 0 Å². The Morgan fingerprint density at radius 2 is 2.07 bits per heavy atom. The van der Waals surface area contributed by atoms with Crippen molar-refractivity contribution in [3.05, 3.63) is 0 Å². The summed E-state index contributed by atoms with van der Waals surface area (Å²) < 4.78 is 0. The van der Waals surface area contributed by atoms with Crippen LogP contribution in [-0.2, 0) is 0 Å². The average Bonchev–Trinajstić information content (AvgIpc) is 2.08. The lowest BCUT2D eigenvalue weighted by atomic mass is 9.99. The van der Waals surface area contributed by atoms with Gasteiger partial charge in [-0.1, -0.05) is 13.8 Å². The van der Waals surface area contributed by atoms with E-state index in [2.05, 4.69) is 10.3 Å². The molecule has 0 rings (SSSR count). The Morgan fingerprint density at radius 1 is 1.47 bits per heavy atom. The summed E-state index contributed by atoms with van der Waals surface area (Å²) in [5.41, 5.74) is 10.3. The van der Waals surface area contributed by atoms with Crippen molar-refractivity contribution in [2.24, 2.45) is 22.4 Å². The molecule has 15 heavy (non-hydrogen) atoms. The SMILES string of the molecule is CC(C)C(CCCN=C(N)N)NC(=O)O. The number of carbonyl (C=O) groups is 1. The van der Waals surface area contributed by atoms with Gasteiger partial charge in [-0.05, 0) is 18.8 Å². The second kappa shape index (κ2) is 6.92. The van der Waals surface area contributed by atoms with Gasteiger partial charge >= 0.3 is 6.09 Å². The number of amides is 1. The fourth-order valence-electron chi connectivity index (χ4n) is 1.25. The van der Waals surface area contributed by atoms with Gasteiger partial charge in [-0.25, -0.2) is 4.79 Å². The number of carboxylic acid groups (broad SMARTS) is 1. The van der Waals surface area contributed by atoms with Crippen molar-refractivity contribution >= 4 is 12.1 Å². The first kappa shape index (κ1) is 13.5. The molecule has 0 aliphatic heterocycles. The molecule has 0 bridgehead atoms. The standard InChI is InChI=1S/C9H20N4O2/c1-6(2)7(13-9(14)15)4-3-5-12-8(10)11/h6-7,13H,3-5H2,1-2H3,(H,14,15)(H4,10,11,12). The summed E-state index contributed by atoms with van der Waals surface area (Å²) in [4.78, 5) is 14.3. The van der Waals surface area contributed by atoms with Crippen molar-refractivity contribution in [2.75, 3.05) is 6.54 Å². The van der Waals surface area contributed by atoms with Gasteiger partial charge in [0.25, 0.3) is 0 Å². The van der Waals surface area contributed by atoms with Gasteiger partial charge in [0.2, 0.25) is 0 Å². The Hall–Kier alpha value is -1.46. The van der Waals surface area contributed by atoms with E-state index in [0.29, 0.717) is 6.54 Å². The van der Waals surface area contributed by atoms with E-state index in [-0.39, 0.29) is 17.9 Å². The molecular formula is C9H20N4O2. The molecule has 1 atom stereocenters. The van der Waals surface area contributed by atoms with Crippen LogP contribution in [0.15, 0.2) is 4.99 Å². The van der Waals surface area contributed by atoms with E-state index in [1.165, 1.54) is 0 Å². The molecule has 0 saturated carbocycles. The lowest BCUT2D eigenvalue weighted by Crippen LogP contribution is -2.37. The van der Waals surface area contributed by atoms with Crippen molar-refractivity contribution in [3.8, 4) is 0 Å². The summed E-state index contributed by atoms with van der Waals surface area (Å²) in [5, 5.41) is 11.1. The Labute approximate surface area is 89.7 Å². The molecule has 6 heteroatoms. The minimum atomic E-state index is -0.990. The predicted octanol–water partition coefficient (Wildman–Crippen LogP) is 0.332. The maximum atomic E-state index is 10.5. The number of hydrogen-bond donors (Lipinski definition) is 4. The fourth-order valence-corrected chi connectivity index (χ4v) is 1.25. The predicted molar refractivity (Wildman–Crippen MR) is 59.7 cm³/mol. The lowest BCUT2D eigenvalue weighted by Gasteiger charge is -2.20. The first-order valence-corrected chi connectivity index (χ1v) is 4.98. The summed E-state index contributed by atoms with van der Waals surface area (Å²) in [5.74, 6) is 0.336. The average molecular weight is 216 g/mol. The number of nitrogens with one attached hydrogen (secondary N) is 1. The maximum absolute atomic E-state index is 10.5. The van der Waals surface area contributed by atoms with E-state index in [4.69, 9.17) is 16.6 Å². The second-order valence-electron chi connectivity index (χ2n) is 3.75. The zero-order valence-electron chi connectivity index (χ0n) is 9.23. The van der Waals surface area contributed by atoms with Gasteiger partial charge in [0, 0.05) is 12.6 Å². The number of hydrogen-bond acceptors (Lipinski definition) is 2. The Bertz CT molecular complexity index is 224. The molecule has 0 aromatic rings. The van der Waals surface area contributed by atoms with Gasteiger partial charge in [-0.15, -0.1) is 0 Å². The molecule has 0 fully saturated rings. The Morgan fingerprint density at radius 3 is 2.47 bits per heavy atom. The Balaban J connectivity index is 3.86. The fraction of sp³-hybridized carbons (Fsp3) is 0.778. The van der Waals surface area contributed by atoms with Crippen LogP contribution in [0.5, 0.6) is 0 Å². The zero-order chi connectivity index (χ0) is 11.8. The zero-order valence-corrected chi connectivity index (χ0v) is 9.23. The van der Waals surface area contributed by atoms with Crippen LogP contribution >= 0.6 is 0 Å². The molecule has 88 valence electrons. The number of rotatable bonds is 6. The highest BCUT2D eigenvalue weighted by molar-refractivity contribution is 5.75. The van der Waals surface area contributed by atoms with Crippen LogP contribution in [-0.4, -0.2) is 29.7 Å². The number of nitrogens with zero attached hydrogens (tertiary/aromatic N) is 1. The summed E-state index contributed by atoms with van der Waals surface area (Å²) in [7, 11) is 0. The molecule has 0 aromatic heterocycles. The van der Waals surface area contributed by atoms with E-state index >= 15 is 0 Å². The van der Waals surface area contributed by atoms with Gasteiger partial charge in [0.05, 0.1) is 0 Å². The van der Waals surface area contributed by atoms with Gasteiger partial charge in [0.15, 0.2) is 5.96 Å². The van der Waals surface area contributed by atoms with E-state index in [1.807, 2.05) is 13.8 Å². The number of aliphatic imine (C=N–C) groups is 1. The van der Waals surface area contributed by atoms with Crippen molar-refractivity contribution in [2.45, 2.75) is 32.7 Å². The van der Waals surface area contributed by atoms with E-state index in [9.17, 15) is 4.79 Å². The highest BCUT2D eigenvalue weighted by Gasteiger charge is 2.14. The second-order valence-corrected chi connectivity index (χ2v) is 3.75. The minimum Gasteiger partial charge on any atom is -0.465 e. The molecule has 0 aromatic carbocycles. The number of guanidine groups is 1. The Kier molecular flexibility index (Phi) is 6.24. The van der Waals surface area contributed by atoms with Crippen LogP contribution < -0.4 is 16.8 Å². The molecule has 0 radical (unpaired) electrons. The summed E-state index contributed by atoms with van der Waals surface area (Å²) in [6.07, 6.45) is 0.512. The molecule has 0 heterocycles. The molecule has 6 nitrogen and oxygen atoms in total. The van der Waals surface area contributed by atoms with Crippen LogP contribution in [0.4, 0.5) is 4.79 Å². The highest BCUT2D eigenvalue weighted by Crippen LogP contribution is 2.08. The molecule has 0 spiro atoms. The van der Waals surface area contributed by atoms with E-state index in [1.54, 1.807) is 0 Å². The summed E-state index contributed by atoms with van der Waals surface area (Å²) in [6.45, 7) is 4.48. The topological polar surface area (TPSA) is 114 Å². The van der Waals surface area contributed by atoms with Gasteiger partial charge in [-0.3, -0.25) is 4.99 Å². The molecule has 1 unspecified atom stereocenters. The van der Waals surface area contributed by atoms with Crippen LogP contribution in [0.3, 0.4) is 0 Å². The third-order valence-electron chi connectivity index (χ3n) is 2.08. The third-order valence-corrected chi connectivity index (χ3v) is 2.08. The van der Waals surface area contributed by atoms with Crippen LogP contribution in [0.1, 0.15) is 26.7 Å². The first-order chi connectivity index (χ1) is 6.93. The lowest BCUT2D eigenvalue weighted by molar-refractivity contribution is 0.184. The van der Waals surface area contributed by atoms with Crippen molar-refractivity contribution < 1.29 is 9.90 Å². The molecular weight excluding hydrogens is 196 g/mol. The van der Waals surface area contributed by atoms with E-state index in [0.717, 1.165) is 12.8 Å². The van der Waals surface area contributed by atoms with Crippen molar-refractivity contribution in [1.82, 2.24) is 5.32 Å². The largest absolute Gasteiger partial charge is 0.465 e.